The molecule has 1 aromatic carbocycles. The molecule has 0 N–H and O–H groups in total. The number of fused-ring (bicyclic) bond motifs is 1. The summed E-state index contributed by atoms with van der Waals surface area (Å²) in [6, 6.07) is 6.93. The van der Waals surface area contributed by atoms with Crippen LogP contribution in [0.2, 0.25) is 0 Å². The summed E-state index contributed by atoms with van der Waals surface area (Å²) >= 11 is 0. The van der Waals surface area contributed by atoms with Crippen molar-refractivity contribution >= 4 is 36.7 Å². The van der Waals surface area contributed by atoms with Gasteiger partial charge in [0.05, 0.1) is 10.8 Å². The van der Waals surface area contributed by atoms with E-state index in [2.05, 4.69) is 4.98 Å². The Morgan fingerprint density at radius 2 is 1.67 bits per heavy atom. The van der Waals surface area contributed by atoms with Gasteiger partial charge in [-0.1, -0.05) is 12.1 Å². The van der Waals surface area contributed by atoms with Gasteiger partial charge in [0.1, 0.15) is 10.1 Å². The molecule has 0 aliphatic carbocycles. The number of aryl methyl sites for hydroxylation is 1. The summed E-state index contributed by atoms with van der Waals surface area (Å²) in [6.07, 6.45) is 1.63. The molecule has 3 rings (SSSR count). The van der Waals surface area contributed by atoms with Crippen LogP contribution in [0.25, 0.3) is 10.9 Å². The Hall–Kier alpha value is -2.04. The van der Waals surface area contributed by atoms with Gasteiger partial charge >= 0.3 is 0 Å². The number of piperazine rings is 1. The van der Waals surface area contributed by atoms with Crippen molar-refractivity contribution in [3.05, 3.63) is 36.0 Å². The van der Waals surface area contributed by atoms with Gasteiger partial charge in [-0.15, -0.1) is 0 Å². The highest BCUT2D eigenvalue weighted by Gasteiger charge is 2.37. The summed E-state index contributed by atoms with van der Waals surface area (Å²) < 4.78 is 52.4. The van der Waals surface area contributed by atoms with Crippen molar-refractivity contribution in [2.45, 2.75) is 43.1 Å². The number of sulfone groups is 1. The molecule has 0 radical (unpaired) electrons. The molecule has 2 heterocycles. The maximum absolute atomic E-state index is 13.2. The molecule has 1 unspecified atom stereocenters. The van der Waals surface area contributed by atoms with E-state index in [1.165, 1.54) is 22.2 Å². The van der Waals surface area contributed by atoms with Crippen molar-refractivity contribution in [1.29, 1.82) is 0 Å². The second-order valence-electron chi connectivity index (χ2n) is 7.85. The Balaban J connectivity index is 1.79. The topological polar surface area (TPSA) is 105 Å². The molecule has 1 saturated heterocycles. The van der Waals surface area contributed by atoms with E-state index in [0.29, 0.717) is 5.52 Å². The lowest BCUT2D eigenvalue weighted by Gasteiger charge is -2.35. The van der Waals surface area contributed by atoms with Crippen molar-refractivity contribution in [3.8, 4) is 0 Å². The summed E-state index contributed by atoms with van der Waals surface area (Å²) in [5, 5.41) is -1.05. The minimum absolute atomic E-state index is 0.102. The zero-order valence-electron chi connectivity index (χ0n) is 17.6. The molecular weight excluding hydrogens is 426 g/mol. The quantitative estimate of drug-likeness (QED) is 0.681. The average Bonchev–Trinajstić information content (AvgIpc) is 2.71. The van der Waals surface area contributed by atoms with Crippen molar-refractivity contribution < 1.29 is 21.6 Å². The number of hydrogen-bond donors (Lipinski definition) is 0. The highest BCUT2D eigenvalue weighted by molar-refractivity contribution is 7.93. The number of sulfonamides is 1. The molecule has 1 amide bonds. The van der Waals surface area contributed by atoms with Crippen molar-refractivity contribution in [3.63, 3.8) is 0 Å². The van der Waals surface area contributed by atoms with Gasteiger partial charge in [-0.25, -0.2) is 16.8 Å². The van der Waals surface area contributed by atoms with Gasteiger partial charge in [-0.3, -0.25) is 9.78 Å². The maximum Gasteiger partial charge on any atom is 0.245 e. The molecule has 2 aromatic rings. The van der Waals surface area contributed by atoms with E-state index in [0.717, 1.165) is 10.9 Å². The second-order valence-corrected chi connectivity index (χ2v) is 12.6. The standard InChI is InChI=1S/C20H27N3O5S2/c1-14(2)29(25,26)16(4)20(24)22-8-10-23(11-9-22)30(27,28)18-7-5-6-17-12-15(3)13-21-19(17)18/h5-7,12-14,16H,8-11H2,1-4H3. The lowest BCUT2D eigenvalue weighted by molar-refractivity contribution is -0.131. The minimum Gasteiger partial charge on any atom is -0.339 e. The van der Waals surface area contributed by atoms with Crippen LogP contribution in [0, 0.1) is 6.92 Å². The number of rotatable bonds is 5. The third-order valence-corrected chi connectivity index (χ3v) is 9.91. The summed E-state index contributed by atoms with van der Waals surface area (Å²) in [5.41, 5.74) is 1.35. The highest BCUT2D eigenvalue weighted by Crippen LogP contribution is 2.26. The smallest absolute Gasteiger partial charge is 0.245 e. The first-order chi connectivity index (χ1) is 14.0. The Bertz CT molecular complexity index is 1170. The molecule has 0 spiro atoms. The van der Waals surface area contributed by atoms with Crippen molar-refractivity contribution in [2.75, 3.05) is 26.2 Å². The van der Waals surface area contributed by atoms with E-state index >= 15 is 0 Å². The molecular formula is C20H27N3O5S2. The average molecular weight is 454 g/mol. The fourth-order valence-corrected chi connectivity index (χ4v) is 6.38. The zero-order valence-corrected chi connectivity index (χ0v) is 19.2. The Labute approximate surface area is 177 Å². The number of amides is 1. The summed E-state index contributed by atoms with van der Waals surface area (Å²) in [7, 11) is -7.37. The molecule has 0 saturated carbocycles. The SMILES string of the molecule is Cc1cnc2c(S(=O)(=O)N3CCN(C(=O)C(C)S(=O)(=O)C(C)C)CC3)cccc2c1. The normalized spacial score (nSPS) is 17.4. The van der Waals surface area contributed by atoms with E-state index in [-0.39, 0.29) is 31.1 Å². The Morgan fingerprint density at radius 1 is 1.03 bits per heavy atom. The van der Waals surface area contributed by atoms with Crippen LogP contribution in [0.1, 0.15) is 26.3 Å². The van der Waals surface area contributed by atoms with Crippen LogP contribution >= 0.6 is 0 Å². The van der Waals surface area contributed by atoms with Crippen molar-refractivity contribution in [2.24, 2.45) is 0 Å². The van der Waals surface area contributed by atoms with Gasteiger partial charge in [0, 0.05) is 37.8 Å². The van der Waals surface area contributed by atoms with Crippen LogP contribution in [-0.4, -0.2) is 73.6 Å². The van der Waals surface area contributed by atoms with E-state index in [1.807, 2.05) is 19.1 Å². The molecule has 1 atom stereocenters. The van der Waals surface area contributed by atoms with Crippen LogP contribution in [0.3, 0.4) is 0 Å². The first-order valence-electron chi connectivity index (χ1n) is 9.83. The van der Waals surface area contributed by atoms with Crippen molar-refractivity contribution in [1.82, 2.24) is 14.2 Å². The third-order valence-electron chi connectivity index (χ3n) is 5.48. The largest absolute Gasteiger partial charge is 0.339 e. The Kier molecular flexibility index (Phi) is 6.22. The fourth-order valence-electron chi connectivity index (χ4n) is 3.54. The lowest BCUT2D eigenvalue weighted by atomic mass is 10.2. The monoisotopic (exact) mass is 453 g/mol. The zero-order chi connectivity index (χ0) is 22.3. The van der Waals surface area contributed by atoms with E-state index in [1.54, 1.807) is 26.1 Å². The summed E-state index contributed by atoms with van der Waals surface area (Å²) in [4.78, 5) is 18.5. The second kappa shape index (κ2) is 8.24. The fraction of sp³-hybridized carbons (Fsp3) is 0.500. The van der Waals surface area contributed by atoms with Crippen LogP contribution < -0.4 is 0 Å². The predicted octanol–water partition coefficient (Wildman–Crippen LogP) is 1.59. The van der Waals surface area contributed by atoms with Gasteiger partial charge in [0.15, 0.2) is 9.84 Å². The predicted molar refractivity (Wildman–Crippen MR) is 115 cm³/mol. The molecule has 1 aliphatic heterocycles. The van der Waals surface area contributed by atoms with Crippen LogP contribution in [-0.2, 0) is 24.7 Å². The van der Waals surface area contributed by atoms with Gasteiger partial charge in [-0.2, -0.15) is 4.31 Å². The van der Waals surface area contributed by atoms with E-state index in [4.69, 9.17) is 0 Å². The molecule has 30 heavy (non-hydrogen) atoms. The molecule has 8 nitrogen and oxygen atoms in total. The first kappa shape index (κ1) is 22.6. The number of carbonyl (C=O) groups excluding carboxylic acids is 1. The number of carbonyl (C=O) groups is 1. The van der Waals surface area contributed by atoms with Crippen LogP contribution in [0.4, 0.5) is 0 Å². The molecule has 164 valence electrons. The number of nitrogens with zero attached hydrogens (tertiary/aromatic N) is 3. The van der Waals surface area contributed by atoms with Gasteiger partial charge in [-0.05, 0) is 45.4 Å². The van der Waals surface area contributed by atoms with Gasteiger partial charge < -0.3 is 4.90 Å². The number of aromatic nitrogens is 1. The Morgan fingerprint density at radius 3 is 2.27 bits per heavy atom. The first-order valence-corrected chi connectivity index (χ1v) is 12.9. The van der Waals surface area contributed by atoms with E-state index < -0.39 is 36.3 Å². The number of pyridine rings is 1. The van der Waals surface area contributed by atoms with Gasteiger partial charge in [0.2, 0.25) is 15.9 Å². The number of benzene rings is 1. The summed E-state index contributed by atoms with van der Waals surface area (Å²) in [5.74, 6) is -0.483. The van der Waals surface area contributed by atoms with Crippen LogP contribution in [0.5, 0.6) is 0 Å². The lowest BCUT2D eigenvalue weighted by Crippen LogP contribution is -2.53. The van der Waals surface area contributed by atoms with Gasteiger partial charge in [0.25, 0.3) is 0 Å². The van der Waals surface area contributed by atoms with E-state index in [9.17, 15) is 21.6 Å². The minimum atomic E-state index is -3.80. The molecule has 10 heteroatoms. The highest BCUT2D eigenvalue weighted by atomic mass is 32.2. The molecule has 1 aliphatic rings. The van der Waals surface area contributed by atoms with Crippen LogP contribution in [0.15, 0.2) is 35.4 Å². The maximum atomic E-state index is 13.2. The number of para-hydroxylation sites is 1. The molecule has 0 bridgehead atoms. The molecule has 1 aromatic heterocycles. The summed E-state index contributed by atoms with van der Waals surface area (Å²) in [6.45, 7) is 6.87. The molecule has 1 fully saturated rings. The number of hydrogen-bond acceptors (Lipinski definition) is 6. The third kappa shape index (κ3) is 4.08.